The Balaban J connectivity index is 1.19. The number of alkyl halides is 6. The van der Waals surface area contributed by atoms with Crippen LogP contribution in [0.3, 0.4) is 0 Å². The first-order chi connectivity index (χ1) is 21.7. The van der Waals surface area contributed by atoms with Crippen molar-refractivity contribution in [2.45, 2.75) is 30.3 Å². The highest BCUT2D eigenvalue weighted by Crippen LogP contribution is 2.36. The highest BCUT2D eigenvalue weighted by atomic mass is 32.2. The van der Waals surface area contributed by atoms with Crippen LogP contribution in [0.2, 0.25) is 0 Å². The van der Waals surface area contributed by atoms with Gasteiger partial charge in [-0.2, -0.15) is 26.3 Å². The second kappa shape index (κ2) is 15.3. The molecule has 46 heavy (non-hydrogen) atoms. The molecule has 0 bridgehead atoms. The van der Waals surface area contributed by atoms with E-state index in [-0.39, 0.29) is 23.1 Å². The van der Waals surface area contributed by atoms with Crippen molar-refractivity contribution in [3.63, 3.8) is 0 Å². The number of hydrogen-bond donors (Lipinski definition) is 1. The van der Waals surface area contributed by atoms with Gasteiger partial charge >= 0.3 is 12.4 Å². The number of rotatable bonds is 13. The second-order valence-electron chi connectivity index (χ2n) is 10.6. The molecule has 3 aromatic carbocycles. The molecule has 0 spiro atoms. The zero-order chi connectivity index (χ0) is 33.4. The van der Waals surface area contributed by atoms with E-state index < -0.39 is 52.6 Å². The molecule has 250 valence electrons. The van der Waals surface area contributed by atoms with Crippen molar-refractivity contribution < 1.29 is 49.0 Å². The molecule has 0 atom stereocenters. The number of amides is 1. The van der Waals surface area contributed by atoms with E-state index >= 15 is 0 Å². The van der Waals surface area contributed by atoms with Crippen LogP contribution >= 0.6 is 0 Å². The summed E-state index contributed by atoms with van der Waals surface area (Å²) in [4.78, 5) is 16.4. The molecule has 1 aliphatic rings. The summed E-state index contributed by atoms with van der Waals surface area (Å²) in [6.07, 6.45) is -9.32. The predicted molar refractivity (Wildman–Crippen MR) is 156 cm³/mol. The number of nitrogens with zero attached hydrogens (tertiary/aromatic N) is 2. The molecule has 1 aliphatic heterocycles. The maximum atomic E-state index is 13.2. The smallest absolute Gasteiger partial charge is 0.416 e. The first kappa shape index (κ1) is 35.2. The van der Waals surface area contributed by atoms with Gasteiger partial charge in [0.25, 0.3) is 15.9 Å². The predicted octanol–water partition coefficient (Wildman–Crippen LogP) is 4.99. The number of carbonyl (C=O) groups excluding carboxylic acids is 1. The lowest BCUT2D eigenvalue weighted by Gasteiger charge is -2.34. The van der Waals surface area contributed by atoms with Gasteiger partial charge in [0.1, 0.15) is 19.0 Å². The number of benzene rings is 3. The van der Waals surface area contributed by atoms with Crippen molar-refractivity contribution in [2.75, 3.05) is 52.5 Å². The summed E-state index contributed by atoms with van der Waals surface area (Å²) in [5.41, 5.74) is -2.25. The monoisotopic (exact) mass is 673 g/mol. The van der Waals surface area contributed by atoms with Gasteiger partial charge in [-0.1, -0.05) is 36.4 Å². The summed E-state index contributed by atoms with van der Waals surface area (Å²) >= 11 is 0. The number of ether oxygens (including phenoxy) is 2. The van der Waals surface area contributed by atoms with Crippen molar-refractivity contribution in [1.82, 2.24) is 14.5 Å². The molecule has 0 radical (unpaired) electrons. The Morgan fingerprint density at radius 1 is 0.783 bits per heavy atom. The zero-order valence-electron chi connectivity index (χ0n) is 24.6. The highest BCUT2D eigenvalue weighted by molar-refractivity contribution is 7.90. The maximum absolute atomic E-state index is 13.2. The summed E-state index contributed by atoms with van der Waals surface area (Å²) in [5, 5.41) is 0. The van der Waals surface area contributed by atoms with E-state index in [0.717, 1.165) is 31.7 Å². The van der Waals surface area contributed by atoms with Gasteiger partial charge in [0, 0.05) is 39.3 Å². The molecule has 0 saturated carbocycles. The third-order valence-electron chi connectivity index (χ3n) is 7.26. The standard InChI is InChI=1S/C31H33F6N3O5S/c32-30(33,34)25-18-23(19-26(20-25)31(35,36)37)21-45-28-9-5-4-6-24(28)10-11-39-12-14-40(15-13-39)16-17-44-22-29(41)38-46(42,43)27-7-2-1-3-8-27/h1-9,18-20H,10-17,21-22H2,(H,38,41). The topological polar surface area (TPSA) is 88.2 Å². The Labute approximate surface area is 262 Å². The van der Waals surface area contributed by atoms with Crippen molar-refractivity contribution in [3.8, 4) is 5.75 Å². The van der Waals surface area contributed by atoms with Crippen LogP contribution < -0.4 is 9.46 Å². The normalized spacial score (nSPS) is 15.1. The van der Waals surface area contributed by atoms with Gasteiger partial charge in [-0.15, -0.1) is 0 Å². The number of para-hydroxylation sites is 1. The molecule has 0 aromatic heterocycles. The number of halogens is 6. The van der Waals surface area contributed by atoms with Crippen LogP contribution in [0.15, 0.2) is 77.7 Å². The van der Waals surface area contributed by atoms with Gasteiger partial charge in [-0.3, -0.25) is 9.69 Å². The van der Waals surface area contributed by atoms with E-state index in [1.807, 2.05) is 4.72 Å². The van der Waals surface area contributed by atoms with Crippen LogP contribution in [-0.2, 0) is 44.9 Å². The Morgan fingerprint density at radius 2 is 1.35 bits per heavy atom. The molecule has 1 saturated heterocycles. The molecule has 1 heterocycles. The van der Waals surface area contributed by atoms with Crippen LogP contribution in [-0.4, -0.2) is 76.6 Å². The third-order valence-corrected chi connectivity index (χ3v) is 8.65. The third kappa shape index (κ3) is 10.4. The zero-order valence-corrected chi connectivity index (χ0v) is 25.4. The van der Waals surface area contributed by atoms with Crippen LogP contribution in [0, 0.1) is 0 Å². The van der Waals surface area contributed by atoms with Gasteiger partial charge in [0.05, 0.1) is 22.6 Å². The van der Waals surface area contributed by atoms with Gasteiger partial charge in [0.2, 0.25) is 0 Å². The van der Waals surface area contributed by atoms with E-state index in [0.29, 0.717) is 37.4 Å². The van der Waals surface area contributed by atoms with Crippen molar-refractivity contribution >= 4 is 15.9 Å². The van der Waals surface area contributed by atoms with Gasteiger partial charge in [0.15, 0.2) is 0 Å². The summed E-state index contributed by atoms with van der Waals surface area (Å²) in [6.45, 7) is 3.52. The number of nitrogens with one attached hydrogen (secondary N) is 1. The largest absolute Gasteiger partial charge is 0.489 e. The Bertz CT molecular complexity index is 1530. The number of hydrogen-bond acceptors (Lipinski definition) is 7. The van der Waals surface area contributed by atoms with E-state index in [2.05, 4.69) is 9.80 Å². The summed E-state index contributed by atoms with van der Waals surface area (Å²) in [6, 6.07) is 15.8. The lowest BCUT2D eigenvalue weighted by molar-refractivity contribution is -0.143. The average molecular weight is 674 g/mol. The minimum atomic E-state index is -4.94. The van der Waals surface area contributed by atoms with Crippen molar-refractivity contribution in [1.29, 1.82) is 0 Å². The Kier molecular flexibility index (Phi) is 11.7. The average Bonchev–Trinajstić information content (AvgIpc) is 3.01. The second-order valence-corrected chi connectivity index (χ2v) is 12.3. The molecule has 15 heteroatoms. The molecule has 1 amide bonds. The van der Waals surface area contributed by atoms with Crippen LogP contribution in [0.4, 0.5) is 26.3 Å². The van der Waals surface area contributed by atoms with Crippen LogP contribution in [0.25, 0.3) is 0 Å². The lowest BCUT2D eigenvalue weighted by atomic mass is 10.0. The quantitative estimate of drug-likeness (QED) is 0.202. The maximum Gasteiger partial charge on any atom is 0.416 e. The van der Waals surface area contributed by atoms with Crippen molar-refractivity contribution in [2.24, 2.45) is 0 Å². The highest BCUT2D eigenvalue weighted by Gasteiger charge is 2.37. The molecule has 1 fully saturated rings. The SMILES string of the molecule is O=C(COCCN1CCN(CCc2ccccc2OCc2cc(C(F)(F)F)cc(C(F)(F)F)c2)CC1)NS(=O)(=O)c1ccccc1. The molecular formula is C31H33F6N3O5S. The minimum Gasteiger partial charge on any atom is -0.489 e. The molecule has 1 N–H and O–H groups in total. The molecule has 3 aromatic rings. The Morgan fingerprint density at radius 3 is 1.96 bits per heavy atom. The molecule has 8 nitrogen and oxygen atoms in total. The van der Waals surface area contributed by atoms with E-state index in [1.165, 1.54) is 12.1 Å². The fraction of sp³-hybridized carbons (Fsp3) is 0.387. The summed E-state index contributed by atoms with van der Waals surface area (Å²) < 4.78 is 117. The van der Waals surface area contributed by atoms with Crippen molar-refractivity contribution in [3.05, 3.63) is 95.1 Å². The Hall–Kier alpha value is -3.66. The number of piperazine rings is 1. The van der Waals surface area contributed by atoms with Crippen LogP contribution in [0.1, 0.15) is 22.3 Å². The number of carbonyl (C=O) groups is 1. The fourth-order valence-corrected chi connectivity index (χ4v) is 5.82. The molecule has 0 unspecified atom stereocenters. The minimum absolute atomic E-state index is 0.0182. The van der Waals surface area contributed by atoms with E-state index in [9.17, 15) is 39.6 Å². The number of sulfonamides is 1. The summed E-state index contributed by atoms with van der Waals surface area (Å²) in [7, 11) is -3.96. The van der Waals surface area contributed by atoms with Gasteiger partial charge in [-0.05, 0) is 53.9 Å². The first-order valence-electron chi connectivity index (χ1n) is 14.3. The lowest BCUT2D eigenvalue weighted by Crippen LogP contribution is -2.47. The summed E-state index contributed by atoms with van der Waals surface area (Å²) in [5.74, 6) is -0.385. The van der Waals surface area contributed by atoms with E-state index in [1.54, 1.807) is 42.5 Å². The van der Waals surface area contributed by atoms with E-state index in [4.69, 9.17) is 9.47 Å². The fourth-order valence-electron chi connectivity index (χ4n) is 4.83. The molecular weight excluding hydrogens is 640 g/mol. The van der Waals surface area contributed by atoms with Gasteiger partial charge < -0.3 is 14.4 Å². The van der Waals surface area contributed by atoms with Crippen LogP contribution in [0.5, 0.6) is 5.75 Å². The first-order valence-corrected chi connectivity index (χ1v) is 15.8. The molecule has 0 aliphatic carbocycles. The molecule has 4 rings (SSSR count). The van der Waals surface area contributed by atoms with Gasteiger partial charge in [-0.25, -0.2) is 13.1 Å².